The smallest absolute Gasteiger partial charge is 0.393 e. The number of aliphatic hydroxyl groups excluding tert-OH is 7. The number of hydrogen-bond acceptors (Lipinski definition) is 11. The minimum Gasteiger partial charge on any atom is -0.393 e. The molecule has 9 N–H and O–H groups in total. The molecule has 1 saturated carbocycles. The summed E-state index contributed by atoms with van der Waals surface area (Å²) in [5, 5.41) is 74.7. The van der Waals surface area contributed by atoms with E-state index in [1.54, 1.807) is 6.08 Å². The van der Waals surface area contributed by atoms with Crippen LogP contribution in [0.5, 0.6) is 0 Å². The van der Waals surface area contributed by atoms with Gasteiger partial charge in [-0.2, -0.15) is 0 Å². The Kier molecular flexibility index (Phi) is 40.0. The maximum atomic E-state index is 13.1. The highest BCUT2D eigenvalue weighted by Crippen LogP contribution is 2.47. The van der Waals surface area contributed by atoms with Gasteiger partial charge in [-0.1, -0.05) is 204 Å². The fraction of sp³-hybridized carbons (Fsp3) is 0.868. The van der Waals surface area contributed by atoms with Gasteiger partial charge < -0.3 is 46.0 Å². The molecule has 0 aromatic heterocycles. The van der Waals surface area contributed by atoms with E-state index in [1.807, 2.05) is 0 Å². The molecule has 0 aromatic rings. The number of nitrogens with one attached hydrogen (secondary N) is 1. The summed E-state index contributed by atoms with van der Waals surface area (Å²) in [7, 11) is -5.16. The summed E-state index contributed by atoms with van der Waals surface area (Å²) in [6.07, 6.45) is 36.6. The number of hydrogen-bond donors (Lipinski definition) is 9. The monoisotopic (exact) mass is 974 g/mol. The van der Waals surface area contributed by atoms with Gasteiger partial charge in [0.25, 0.3) is 0 Å². The molecule has 0 radical (unpaired) electrons. The van der Waals surface area contributed by atoms with E-state index in [2.05, 4.69) is 43.5 Å². The fourth-order valence-corrected chi connectivity index (χ4v) is 9.51. The number of carbonyl (C=O) groups excluding carboxylic acids is 1. The van der Waals surface area contributed by atoms with Crippen molar-refractivity contribution in [3.8, 4) is 0 Å². The van der Waals surface area contributed by atoms with E-state index in [1.165, 1.54) is 141 Å². The van der Waals surface area contributed by atoms with E-state index in [-0.39, 0.29) is 6.42 Å². The first-order valence-corrected chi connectivity index (χ1v) is 28.5. The molecule has 1 aliphatic rings. The number of phosphoric acid groups is 1. The first kappa shape index (κ1) is 63.5. The molecule has 1 amide bonds. The van der Waals surface area contributed by atoms with Crippen molar-refractivity contribution >= 4 is 13.7 Å². The third kappa shape index (κ3) is 33.7. The van der Waals surface area contributed by atoms with Crippen molar-refractivity contribution in [2.75, 3.05) is 6.61 Å². The van der Waals surface area contributed by atoms with Crippen molar-refractivity contribution in [3.05, 3.63) is 36.5 Å². The van der Waals surface area contributed by atoms with Crippen LogP contribution >= 0.6 is 7.82 Å². The Balaban J connectivity index is 2.49. The molecule has 0 aliphatic heterocycles. The highest BCUT2D eigenvalue weighted by molar-refractivity contribution is 7.47. The van der Waals surface area contributed by atoms with Gasteiger partial charge in [0.1, 0.15) is 36.6 Å². The van der Waals surface area contributed by atoms with Crippen LogP contribution < -0.4 is 5.32 Å². The Morgan fingerprint density at radius 1 is 0.522 bits per heavy atom. The molecule has 1 aliphatic carbocycles. The second kappa shape index (κ2) is 42.2. The maximum absolute atomic E-state index is 13.1. The normalized spacial score (nSPS) is 22.5. The van der Waals surface area contributed by atoms with Crippen molar-refractivity contribution in [2.24, 2.45) is 0 Å². The SMILES string of the molecule is CCCCCCCCCCCC/C=C\CCCCCCCC(O)CC(=O)NC(COP(=O)(O)OC1C(O)C(O)C(O)C(O)C1O)C(O)/C=C/CC/C=C/CCCCCCCCCCCCCC. The Labute approximate surface area is 406 Å². The number of unbranched alkanes of at least 4 members (excludes halogenated alkanes) is 28. The molecule has 0 aromatic carbocycles. The van der Waals surface area contributed by atoms with Crippen LogP contribution in [0.2, 0.25) is 0 Å². The Hall–Kier alpha value is -1.48. The summed E-state index contributed by atoms with van der Waals surface area (Å²) in [4.78, 5) is 23.5. The van der Waals surface area contributed by atoms with Crippen LogP contribution in [0.4, 0.5) is 0 Å². The summed E-state index contributed by atoms with van der Waals surface area (Å²) in [6, 6.07) is -1.26. The van der Waals surface area contributed by atoms with E-state index in [0.29, 0.717) is 12.8 Å². The Morgan fingerprint density at radius 3 is 1.31 bits per heavy atom. The molecule has 0 heterocycles. The predicted octanol–water partition coefficient (Wildman–Crippen LogP) is 10.5. The second-order valence-electron chi connectivity index (χ2n) is 19.3. The lowest BCUT2D eigenvalue weighted by Gasteiger charge is -2.41. The zero-order valence-corrected chi connectivity index (χ0v) is 43.0. The summed E-state index contributed by atoms with van der Waals surface area (Å²) in [5.41, 5.74) is 0. The molecule has 13 nitrogen and oxygen atoms in total. The lowest BCUT2D eigenvalue weighted by Crippen LogP contribution is -2.64. The van der Waals surface area contributed by atoms with Crippen molar-refractivity contribution in [1.82, 2.24) is 5.32 Å². The number of phosphoric ester groups is 1. The maximum Gasteiger partial charge on any atom is 0.472 e. The molecule has 14 heteroatoms. The zero-order valence-electron chi connectivity index (χ0n) is 42.1. The van der Waals surface area contributed by atoms with Crippen LogP contribution in [0.15, 0.2) is 36.5 Å². The average molecular weight is 974 g/mol. The third-order valence-electron chi connectivity index (χ3n) is 12.9. The first-order chi connectivity index (χ1) is 32.3. The number of amides is 1. The third-order valence-corrected chi connectivity index (χ3v) is 13.9. The van der Waals surface area contributed by atoms with E-state index in [0.717, 1.165) is 64.2 Å². The second-order valence-corrected chi connectivity index (χ2v) is 20.7. The van der Waals surface area contributed by atoms with Crippen molar-refractivity contribution in [1.29, 1.82) is 0 Å². The Bertz CT molecular complexity index is 1290. The van der Waals surface area contributed by atoms with Crippen LogP contribution in [0, 0.1) is 0 Å². The van der Waals surface area contributed by atoms with Gasteiger partial charge in [0.2, 0.25) is 5.91 Å². The quantitative estimate of drug-likeness (QED) is 0.0158. The minimum atomic E-state index is -5.16. The molecule has 67 heavy (non-hydrogen) atoms. The van der Waals surface area contributed by atoms with Crippen molar-refractivity contribution < 1.29 is 59.0 Å². The largest absolute Gasteiger partial charge is 0.472 e. The van der Waals surface area contributed by atoms with Crippen molar-refractivity contribution in [3.63, 3.8) is 0 Å². The van der Waals surface area contributed by atoms with E-state index in [4.69, 9.17) is 9.05 Å². The molecule has 8 unspecified atom stereocenters. The van der Waals surface area contributed by atoms with Crippen LogP contribution in [-0.2, 0) is 18.4 Å². The first-order valence-electron chi connectivity index (χ1n) is 27.0. The van der Waals surface area contributed by atoms with E-state index >= 15 is 0 Å². The van der Waals surface area contributed by atoms with E-state index < -0.39 is 75.2 Å². The zero-order chi connectivity index (χ0) is 49.4. The molecular formula is C53H100NO12P. The minimum absolute atomic E-state index is 0.257. The van der Waals surface area contributed by atoms with Gasteiger partial charge in [-0.05, 0) is 57.8 Å². The highest BCUT2D eigenvalue weighted by atomic mass is 31.2. The number of rotatable bonds is 45. The number of carbonyl (C=O) groups is 1. The molecular weight excluding hydrogens is 874 g/mol. The highest BCUT2D eigenvalue weighted by Gasteiger charge is 2.51. The summed E-state index contributed by atoms with van der Waals surface area (Å²) >= 11 is 0. The molecule has 0 spiro atoms. The summed E-state index contributed by atoms with van der Waals surface area (Å²) < 4.78 is 22.9. The number of allylic oxidation sites excluding steroid dienone is 5. The lowest BCUT2D eigenvalue weighted by molar-refractivity contribution is -0.220. The lowest BCUT2D eigenvalue weighted by atomic mass is 9.85. The van der Waals surface area contributed by atoms with Crippen LogP contribution in [0.25, 0.3) is 0 Å². The number of aliphatic hydroxyl groups is 7. The van der Waals surface area contributed by atoms with Gasteiger partial charge in [0.05, 0.1) is 31.3 Å². The summed E-state index contributed by atoms with van der Waals surface area (Å²) in [5.74, 6) is -0.606. The van der Waals surface area contributed by atoms with Gasteiger partial charge in [-0.15, -0.1) is 0 Å². The van der Waals surface area contributed by atoms with Crippen LogP contribution in [0.3, 0.4) is 0 Å². The fourth-order valence-electron chi connectivity index (χ4n) is 8.55. The molecule has 1 fully saturated rings. The molecule has 1 rings (SSSR count). The van der Waals surface area contributed by atoms with Gasteiger partial charge >= 0.3 is 7.82 Å². The van der Waals surface area contributed by atoms with Crippen LogP contribution in [-0.4, -0.2) is 108 Å². The van der Waals surface area contributed by atoms with Gasteiger partial charge in [0, 0.05) is 0 Å². The van der Waals surface area contributed by atoms with Crippen molar-refractivity contribution in [2.45, 2.75) is 287 Å². The average Bonchev–Trinajstić information content (AvgIpc) is 3.30. The summed E-state index contributed by atoms with van der Waals surface area (Å²) in [6.45, 7) is 3.76. The van der Waals surface area contributed by atoms with E-state index in [9.17, 15) is 50.0 Å². The standard InChI is InChI=1S/C53H100NO12P/c1-3-5-7-9-11-13-15-17-19-21-23-24-26-28-30-32-34-36-38-40-44(55)42-47(57)54-45(43-65-67(63,64)66-53-51(61)49(59)48(58)50(60)52(53)62)46(56)41-39-37-35-33-31-29-27-25-22-20-18-16-14-12-10-8-6-4-2/h24,26,31,33,39,41,44-46,48-53,55-56,58-62H,3-23,25,27-30,32,34-38,40,42-43H2,1-2H3,(H,54,57)(H,63,64)/b26-24-,33-31+,41-39+. The van der Waals surface area contributed by atoms with Crippen LogP contribution in [0.1, 0.15) is 232 Å². The molecule has 0 saturated heterocycles. The van der Waals surface area contributed by atoms with Gasteiger partial charge in [-0.3, -0.25) is 13.8 Å². The van der Waals surface area contributed by atoms with Gasteiger partial charge in [-0.25, -0.2) is 4.57 Å². The molecule has 0 bridgehead atoms. The topological polar surface area (TPSA) is 226 Å². The Morgan fingerprint density at radius 2 is 0.881 bits per heavy atom. The molecule has 394 valence electrons. The molecule has 8 atom stereocenters. The predicted molar refractivity (Wildman–Crippen MR) is 270 cm³/mol. The van der Waals surface area contributed by atoms with Gasteiger partial charge in [0.15, 0.2) is 0 Å².